The quantitative estimate of drug-likeness (QED) is 0.737. The fraction of sp³-hybridized carbons (Fsp3) is 0.0769. The van der Waals surface area contributed by atoms with Crippen molar-refractivity contribution in [2.24, 2.45) is 5.14 Å². The van der Waals surface area contributed by atoms with E-state index in [2.05, 4.69) is 21.2 Å². The zero-order chi connectivity index (χ0) is 14.9. The molecule has 0 aliphatic rings. The van der Waals surface area contributed by atoms with Gasteiger partial charge in [0, 0.05) is 15.8 Å². The summed E-state index contributed by atoms with van der Waals surface area (Å²) in [6.45, 7) is 1.98. The van der Waals surface area contributed by atoms with E-state index < -0.39 is 10.0 Å². The summed E-state index contributed by atoms with van der Waals surface area (Å²) in [4.78, 5) is -0.0755. The van der Waals surface area contributed by atoms with Crippen LogP contribution in [-0.4, -0.2) is 8.42 Å². The molecule has 20 heavy (non-hydrogen) atoms. The summed E-state index contributed by atoms with van der Waals surface area (Å²) in [5.74, 6) is 0. The maximum absolute atomic E-state index is 11.3. The van der Waals surface area contributed by atoms with Crippen LogP contribution in [0.3, 0.4) is 0 Å². The molecule has 5 nitrogen and oxygen atoms in total. The maximum atomic E-state index is 11.3. The number of sulfonamides is 1. The van der Waals surface area contributed by atoms with E-state index in [0.717, 1.165) is 15.7 Å². The lowest BCUT2D eigenvalue weighted by Gasteiger charge is -2.10. The Bertz CT molecular complexity index is 740. The topological polar surface area (TPSA) is 98.2 Å². The second-order valence-electron chi connectivity index (χ2n) is 4.44. The van der Waals surface area contributed by atoms with Gasteiger partial charge >= 0.3 is 0 Å². The summed E-state index contributed by atoms with van der Waals surface area (Å²) in [6, 6.07) is 10.4. The third kappa shape index (κ3) is 3.50. The van der Waals surface area contributed by atoms with Gasteiger partial charge < -0.3 is 11.1 Å². The monoisotopic (exact) mass is 355 g/mol. The molecule has 2 aromatic rings. The molecule has 0 saturated carbocycles. The summed E-state index contributed by atoms with van der Waals surface area (Å²) < 4.78 is 23.5. The second-order valence-corrected chi connectivity index (χ2v) is 6.89. The highest BCUT2D eigenvalue weighted by Crippen LogP contribution is 2.26. The molecule has 0 heterocycles. The van der Waals surface area contributed by atoms with Crippen LogP contribution in [0.4, 0.5) is 17.1 Å². The number of hydrogen-bond donors (Lipinski definition) is 3. The Morgan fingerprint density at radius 3 is 2.35 bits per heavy atom. The highest BCUT2D eigenvalue weighted by Gasteiger charge is 2.12. The van der Waals surface area contributed by atoms with Gasteiger partial charge in [-0.3, -0.25) is 0 Å². The first-order chi connectivity index (χ1) is 9.25. The molecule has 0 aliphatic heterocycles. The van der Waals surface area contributed by atoms with Crippen molar-refractivity contribution in [3.05, 3.63) is 46.4 Å². The van der Waals surface area contributed by atoms with Crippen LogP contribution in [0.5, 0.6) is 0 Å². The minimum atomic E-state index is -3.80. The van der Waals surface area contributed by atoms with Crippen LogP contribution in [0, 0.1) is 6.92 Å². The number of primary sulfonamides is 1. The fourth-order valence-electron chi connectivity index (χ4n) is 1.86. The summed E-state index contributed by atoms with van der Waals surface area (Å²) in [5, 5.41) is 8.23. The Morgan fingerprint density at radius 2 is 1.80 bits per heavy atom. The number of benzene rings is 2. The molecule has 106 valence electrons. The number of hydrogen-bond acceptors (Lipinski definition) is 4. The molecule has 0 amide bonds. The number of nitrogens with one attached hydrogen (secondary N) is 1. The first kappa shape index (κ1) is 14.8. The van der Waals surface area contributed by atoms with E-state index in [9.17, 15) is 8.42 Å². The SMILES string of the molecule is Cc1cc(Br)cc(Nc2ccc(S(N)(=O)=O)c(N)c2)c1. The van der Waals surface area contributed by atoms with E-state index in [0.29, 0.717) is 5.69 Å². The van der Waals surface area contributed by atoms with Crippen LogP contribution in [0.1, 0.15) is 5.56 Å². The molecule has 0 spiro atoms. The lowest BCUT2D eigenvalue weighted by molar-refractivity contribution is 0.598. The number of rotatable bonds is 3. The van der Waals surface area contributed by atoms with E-state index in [1.54, 1.807) is 6.07 Å². The van der Waals surface area contributed by atoms with E-state index in [1.807, 2.05) is 25.1 Å². The third-order valence-corrected chi connectivity index (χ3v) is 4.09. The molecule has 0 radical (unpaired) electrons. The van der Waals surface area contributed by atoms with Crippen molar-refractivity contribution in [1.29, 1.82) is 0 Å². The average molecular weight is 356 g/mol. The van der Waals surface area contributed by atoms with Crippen LogP contribution >= 0.6 is 15.9 Å². The highest BCUT2D eigenvalue weighted by atomic mass is 79.9. The molecule has 0 aliphatic carbocycles. The average Bonchev–Trinajstić information content (AvgIpc) is 2.25. The number of nitrogen functional groups attached to an aromatic ring is 1. The zero-order valence-electron chi connectivity index (χ0n) is 10.7. The molecular weight excluding hydrogens is 342 g/mol. The van der Waals surface area contributed by atoms with Gasteiger partial charge in [-0.15, -0.1) is 0 Å². The van der Waals surface area contributed by atoms with Crippen LogP contribution in [-0.2, 0) is 10.0 Å². The van der Waals surface area contributed by atoms with Gasteiger partial charge in [0.05, 0.1) is 5.69 Å². The minimum Gasteiger partial charge on any atom is -0.398 e. The van der Waals surface area contributed by atoms with Gasteiger partial charge in [0.25, 0.3) is 0 Å². The third-order valence-electron chi connectivity index (χ3n) is 2.65. The Labute approximate surface area is 126 Å². The van der Waals surface area contributed by atoms with Crippen LogP contribution in [0.15, 0.2) is 45.8 Å². The molecular formula is C13H14BrN3O2S. The molecule has 2 rings (SSSR count). The molecule has 7 heteroatoms. The Kier molecular flexibility index (Phi) is 4.03. The molecule has 0 saturated heterocycles. The van der Waals surface area contributed by atoms with Crippen molar-refractivity contribution in [1.82, 2.24) is 0 Å². The molecule has 0 atom stereocenters. The van der Waals surface area contributed by atoms with E-state index in [-0.39, 0.29) is 10.6 Å². The number of anilines is 3. The van der Waals surface area contributed by atoms with Gasteiger partial charge in [-0.05, 0) is 48.9 Å². The van der Waals surface area contributed by atoms with Gasteiger partial charge in [-0.1, -0.05) is 15.9 Å². The first-order valence-electron chi connectivity index (χ1n) is 5.72. The highest BCUT2D eigenvalue weighted by molar-refractivity contribution is 9.10. The largest absolute Gasteiger partial charge is 0.398 e. The van der Waals surface area contributed by atoms with Crippen LogP contribution in [0.25, 0.3) is 0 Å². The summed E-state index contributed by atoms with van der Waals surface area (Å²) in [7, 11) is -3.80. The van der Waals surface area contributed by atoms with Crippen molar-refractivity contribution in [3.8, 4) is 0 Å². The Balaban J connectivity index is 2.33. The van der Waals surface area contributed by atoms with Crippen molar-refractivity contribution in [2.45, 2.75) is 11.8 Å². The Morgan fingerprint density at radius 1 is 1.10 bits per heavy atom. The lowest BCUT2D eigenvalue weighted by atomic mass is 10.2. The standard InChI is InChI=1S/C13H14BrN3O2S/c1-8-4-9(14)6-11(5-8)17-10-2-3-13(12(15)7-10)20(16,18)19/h2-7,17H,15H2,1H3,(H2,16,18,19). The smallest absolute Gasteiger partial charge is 0.240 e. The minimum absolute atomic E-state index is 0.0755. The van der Waals surface area contributed by atoms with Gasteiger partial charge in [0.15, 0.2) is 0 Å². The number of halogens is 1. The molecule has 0 fully saturated rings. The van der Waals surface area contributed by atoms with Crippen molar-refractivity contribution < 1.29 is 8.42 Å². The van der Waals surface area contributed by atoms with Crippen LogP contribution < -0.4 is 16.2 Å². The van der Waals surface area contributed by atoms with Gasteiger partial charge in [0.2, 0.25) is 10.0 Å². The van der Waals surface area contributed by atoms with Crippen LogP contribution in [0.2, 0.25) is 0 Å². The van der Waals surface area contributed by atoms with Gasteiger partial charge in [0.1, 0.15) is 4.90 Å². The van der Waals surface area contributed by atoms with Crippen molar-refractivity contribution in [3.63, 3.8) is 0 Å². The molecule has 5 N–H and O–H groups in total. The first-order valence-corrected chi connectivity index (χ1v) is 8.06. The van der Waals surface area contributed by atoms with Gasteiger partial charge in [-0.25, -0.2) is 13.6 Å². The van der Waals surface area contributed by atoms with E-state index >= 15 is 0 Å². The normalized spacial score (nSPS) is 11.3. The summed E-state index contributed by atoms with van der Waals surface area (Å²) in [6.07, 6.45) is 0. The molecule has 0 unspecified atom stereocenters. The molecule has 0 bridgehead atoms. The Hall–Kier alpha value is -1.57. The molecule has 2 aromatic carbocycles. The predicted molar refractivity (Wildman–Crippen MR) is 84.4 cm³/mol. The predicted octanol–water partition coefficient (Wildman–Crippen LogP) is 2.73. The lowest BCUT2D eigenvalue weighted by Crippen LogP contribution is -2.14. The molecule has 0 aromatic heterocycles. The fourth-order valence-corrected chi connectivity index (χ4v) is 3.11. The van der Waals surface area contributed by atoms with E-state index in [1.165, 1.54) is 12.1 Å². The van der Waals surface area contributed by atoms with Crippen molar-refractivity contribution >= 4 is 43.0 Å². The number of nitrogens with two attached hydrogens (primary N) is 2. The second kappa shape index (κ2) is 5.43. The summed E-state index contributed by atoms with van der Waals surface area (Å²) in [5.41, 5.74) is 8.48. The summed E-state index contributed by atoms with van der Waals surface area (Å²) >= 11 is 3.42. The van der Waals surface area contributed by atoms with Crippen molar-refractivity contribution in [2.75, 3.05) is 11.1 Å². The number of aryl methyl sites for hydroxylation is 1. The van der Waals surface area contributed by atoms with E-state index in [4.69, 9.17) is 10.9 Å². The zero-order valence-corrected chi connectivity index (χ0v) is 13.1. The van der Waals surface area contributed by atoms with Gasteiger partial charge in [-0.2, -0.15) is 0 Å². The maximum Gasteiger partial charge on any atom is 0.240 e.